The molecule has 0 saturated carbocycles. The number of aryl methyl sites for hydroxylation is 12. The van der Waals surface area contributed by atoms with E-state index in [1.807, 2.05) is 47.8 Å². The third-order valence-electron chi connectivity index (χ3n) is 28.6. The van der Waals surface area contributed by atoms with E-state index < -0.39 is 0 Å². The first kappa shape index (κ1) is 96.0. The molecule has 0 aliphatic carbocycles. The molecule has 141 heavy (non-hydrogen) atoms. The number of para-hydroxylation sites is 6. The summed E-state index contributed by atoms with van der Waals surface area (Å²) in [6.45, 7) is 22.6. The van der Waals surface area contributed by atoms with E-state index in [-0.39, 0.29) is 10.8 Å². The zero-order chi connectivity index (χ0) is 98.6. The molecular weight excluding hydrogens is 1890 g/mol. The second kappa shape index (κ2) is 40.0. The molecule has 12 heterocycles. The van der Waals surface area contributed by atoms with Crippen molar-refractivity contribution in [3.05, 3.63) is 420 Å². The molecule has 0 radical (unpaired) electrons. The molecule has 18 aromatic rings. The van der Waals surface area contributed by atoms with Gasteiger partial charge in [-0.3, -0.25) is 0 Å². The van der Waals surface area contributed by atoms with Gasteiger partial charge >= 0.3 is 292 Å². The second-order valence-corrected chi connectivity index (χ2v) is 44.9. The molecule has 16 heteroatoms. The third-order valence-corrected chi connectivity index (χ3v) is 36.5. The van der Waals surface area contributed by atoms with Gasteiger partial charge in [0.15, 0.2) is 36.3 Å². The predicted molar refractivity (Wildman–Crippen MR) is 588 cm³/mol. The van der Waals surface area contributed by atoms with E-state index in [4.69, 9.17) is 4.74 Å². The molecule has 702 valence electrons. The molecule has 12 nitrogen and oxygen atoms in total. The fourth-order valence-corrected chi connectivity index (χ4v) is 29.5. The number of anilines is 10. The van der Waals surface area contributed by atoms with E-state index in [0.717, 1.165) is 34.1 Å². The van der Waals surface area contributed by atoms with Crippen LogP contribution in [0.3, 0.4) is 0 Å². The van der Waals surface area contributed by atoms with Gasteiger partial charge in [-0.05, 0) is 146 Å². The second-order valence-electron chi connectivity index (χ2n) is 38.3. The summed E-state index contributed by atoms with van der Waals surface area (Å²) in [4.78, 5) is 17.0. The number of fused-ring (bicyclic) bond motifs is 12. The zero-order valence-corrected chi connectivity index (χ0v) is 89.7. The Kier molecular flexibility index (Phi) is 27.2. The number of aromatic nitrogens is 6. The van der Waals surface area contributed by atoms with Crippen LogP contribution in [0.4, 0.5) is 56.9 Å². The number of benzene rings is 12. The van der Waals surface area contributed by atoms with E-state index in [1.54, 1.807) is 4.46 Å². The van der Waals surface area contributed by atoms with Gasteiger partial charge in [-0.1, -0.05) is 111 Å². The maximum absolute atomic E-state index is 6.31. The number of hydrogen-bond donors (Lipinski definition) is 0. The summed E-state index contributed by atoms with van der Waals surface area (Å²) in [5.74, 6) is 1.82. The molecule has 6 aliphatic heterocycles. The van der Waals surface area contributed by atoms with E-state index >= 15 is 0 Å². The van der Waals surface area contributed by atoms with Crippen LogP contribution in [-0.4, -0.2) is 65.2 Å². The first-order valence-electron chi connectivity index (χ1n) is 48.2. The Bertz CT molecular complexity index is 7900. The van der Waals surface area contributed by atoms with Crippen LogP contribution < -0.4 is 74.5 Å². The van der Waals surface area contributed by atoms with Crippen molar-refractivity contribution in [2.45, 2.75) is 99.6 Å². The molecule has 0 amide bonds. The fourth-order valence-electron chi connectivity index (χ4n) is 20.8. The summed E-state index contributed by atoms with van der Waals surface area (Å²) in [7, 11) is 23.4. The molecule has 0 unspecified atom stereocenters. The molecule has 0 fully saturated rings. The average Bonchev–Trinajstić information content (AvgIpc) is 0.738. The predicted octanol–water partition coefficient (Wildman–Crippen LogP) is 23.7. The Morgan fingerprint density at radius 3 is 1.12 bits per heavy atom. The van der Waals surface area contributed by atoms with Crippen LogP contribution in [0.1, 0.15) is 83.3 Å². The quantitative estimate of drug-likeness (QED) is 0.121. The van der Waals surface area contributed by atoms with Gasteiger partial charge < -0.3 is 29.2 Å². The van der Waals surface area contributed by atoms with Crippen molar-refractivity contribution < 1.29 is 32.1 Å². The van der Waals surface area contributed by atoms with E-state index in [0.29, 0.717) is 29.9 Å². The minimum atomic E-state index is -0.0196. The molecule has 0 bridgehead atoms. The van der Waals surface area contributed by atoms with Crippen molar-refractivity contribution in [3.63, 3.8) is 0 Å². The molecule has 6 aromatic heterocycles. The summed E-state index contributed by atoms with van der Waals surface area (Å²) in [5.41, 5.74) is 41.4. The van der Waals surface area contributed by atoms with Gasteiger partial charge in [-0.25, -0.2) is 18.3 Å². The van der Waals surface area contributed by atoms with Gasteiger partial charge in [0.1, 0.15) is 28.2 Å². The topological polar surface area (TPSA) is 48.7 Å². The number of ether oxygens (including phenoxy) is 1. The summed E-state index contributed by atoms with van der Waals surface area (Å²) >= 11 is 4.47. The Balaban J connectivity index is 0.000000108. The van der Waals surface area contributed by atoms with Crippen molar-refractivity contribution in [2.75, 3.05) is 59.7 Å². The Morgan fingerprint density at radius 2 is 0.574 bits per heavy atom. The number of pyridine rings is 6. The van der Waals surface area contributed by atoms with Gasteiger partial charge in [-0.15, -0.1) is 0 Å². The molecule has 0 spiro atoms. The molecule has 0 saturated heterocycles. The summed E-state index contributed by atoms with van der Waals surface area (Å²) in [6.07, 6.45) is 12.7. The number of nitrogens with zero attached hydrogens (tertiary/aromatic N) is 11. The molecular formula is C125H123N11OS2Se2+6. The first-order chi connectivity index (χ1) is 68.1. The van der Waals surface area contributed by atoms with E-state index in [9.17, 15) is 0 Å². The van der Waals surface area contributed by atoms with Crippen LogP contribution in [0, 0.1) is 41.5 Å². The van der Waals surface area contributed by atoms with Crippen molar-refractivity contribution in [3.8, 4) is 79.0 Å². The van der Waals surface area contributed by atoms with Crippen LogP contribution in [0.15, 0.2) is 384 Å². The Labute approximate surface area is 854 Å². The summed E-state index contributed by atoms with van der Waals surface area (Å²) < 4.78 is 25.6. The SMILES string of the molecule is Cc1ccc2c(c1-c1cccc[n+]1C)N(C)c1ccccc1C2(C)C.Cc1ccc2c(c1-c1cccc[n+]1C)N(C)c1ccccc1N2C.Cc1ccc2c(c1-c1cccc[n+]1C)N(C)c1ccccc1S2.Cc1ccc2c(c1-c1cccc[n+]1C)Oc1ccccc1N2C.Cc1ccc2c(c1-c1cccc[n+]1C)[Se]c1ccccc1C2(C)C.Cc1ccc2c(c1-c1cccc[n+]1C)[Se]c1ccccc1S2. The Hall–Kier alpha value is -13.9. The first-order valence-corrected chi connectivity index (χ1v) is 53.3. The van der Waals surface area contributed by atoms with Gasteiger partial charge in [0.05, 0.1) is 73.4 Å². The van der Waals surface area contributed by atoms with Crippen LogP contribution >= 0.6 is 23.5 Å². The normalized spacial score (nSPS) is 13.4. The van der Waals surface area contributed by atoms with Crippen LogP contribution in [0.25, 0.3) is 67.5 Å². The van der Waals surface area contributed by atoms with Crippen molar-refractivity contribution in [2.24, 2.45) is 42.3 Å². The zero-order valence-electron chi connectivity index (χ0n) is 84.6. The van der Waals surface area contributed by atoms with Crippen LogP contribution in [-0.2, 0) is 53.1 Å². The van der Waals surface area contributed by atoms with E-state index in [2.05, 4.69) is 539 Å². The van der Waals surface area contributed by atoms with Gasteiger partial charge in [0.2, 0.25) is 22.8 Å². The Morgan fingerprint density at radius 1 is 0.234 bits per heavy atom. The monoisotopic (exact) mass is 2020 g/mol. The van der Waals surface area contributed by atoms with Crippen molar-refractivity contribution >= 4 is 128 Å². The van der Waals surface area contributed by atoms with Crippen LogP contribution in [0.5, 0.6) is 11.5 Å². The number of hydrogen-bond acceptors (Lipinski definition) is 8. The van der Waals surface area contributed by atoms with Gasteiger partial charge in [-0.2, -0.15) is 0 Å². The molecule has 6 aliphatic rings. The summed E-state index contributed by atoms with van der Waals surface area (Å²) in [6, 6.07) is 117. The summed E-state index contributed by atoms with van der Waals surface area (Å²) in [5, 5.41) is 0. The van der Waals surface area contributed by atoms with E-state index in [1.165, 1.54) is 190 Å². The fraction of sp³-hybridized carbons (Fsp3) is 0.184. The maximum atomic E-state index is 6.31. The third kappa shape index (κ3) is 18.0. The van der Waals surface area contributed by atoms with Crippen molar-refractivity contribution in [1.82, 2.24) is 0 Å². The van der Waals surface area contributed by atoms with Gasteiger partial charge in [0.25, 0.3) is 0 Å². The molecule has 0 atom stereocenters. The van der Waals surface area contributed by atoms with Crippen LogP contribution in [0.2, 0.25) is 0 Å². The molecule has 12 aromatic carbocycles. The molecule has 24 rings (SSSR count). The van der Waals surface area contributed by atoms with Crippen molar-refractivity contribution in [1.29, 1.82) is 0 Å². The number of rotatable bonds is 6. The van der Waals surface area contributed by atoms with Gasteiger partial charge in [0, 0.05) is 105 Å². The average molecular weight is 2020 g/mol. The molecule has 0 N–H and O–H groups in total. The standard InChI is InChI=1S/C23H25N2.C22H22NSe.C21H22N3.C20H19N2O.C20H19N2S.C19H16NSSe/c1-16-13-14-18-22(21(16)20-12-8-9-15-24(20)4)25(5)19-11-7-6-10-17(19)23(18,2)3;1-15-12-13-17-21(20(15)18-10-7-8-14-23(18)4)24-19-11-6-5-9-16(19)22(17,2)3;1-15-12-13-19-21(20(15)18-11-7-8-14-22(18)2)24(4)17-10-6-5-9-16(17)23(19)3;1-14-11-12-17-20(19(14)16-9-6-7-13-21(16)2)23-18-10-5-4-8-15(18)22(17)3;1-14-11-12-18-20(19(14)16-9-6-7-13-21(16)2)22(3)15-8-4-5-10-17(15)23-18;1-13-10-11-16-19(18(13)14-7-5-6-12-20(14)2)22-17-9-4-3-8-15(17)21-16/h6-15H,1-5H3;2*5-14H,1-4H3;2*4-13H,1-3H3;3-12H,1-2H3/q6*+1. The minimum absolute atomic E-state index is 0.0196.